The van der Waals surface area contributed by atoms with E-state index in [0.29, 0.717) is 28.1 Å². The van der Waals surface area contributed by atoms with Gasteiger partial charge in [0.2, 0.25) is 0 Å². The molecule has 0 fully saturated rings. The molecule has 6 heteroatoms. The number of aromatic hydroxyl groups is 2. The maximum atomic E-state index is 11.0. The summed E-state index contributed by atoms with van der Waals surface area (Å²) in [6, 6.07) is 22.6. The van der Waals surface area contributed by atoms with Crippen LogP contribution in [0.1, 0.15) is 36.1 Å². The van der Waals surface area contributed by atoms with Crippen LogP contribution in [0.4, 0.5) is 22.7 Å². The van der Waals surface area contributed by atoms with E-state index in [1.54, 1.807) is 12.1 Å². The van der Waals surface area contributed by atoms with Crippen molar-refractivity contribution in [3.8, 4) is 11.5 Å². The molecule has 0 aromatic heterocycles. The standard InChI is InChI=1S/C30H26N4O2.C2H6/c1-17-15-18(2)22-13-14-26(30(36)27(22)20(17)4)33-32-25-12-8-11-23-24(25)16-19(3)28(29(23)35)34-31-21-9-6-5-7-10-21;1-2/h5-16,35-36H,1-4H3;1-2H3. The Morgan fingerprint density at radius 1 is 0.526 bits per heavy atom. The zero-order valence-electron chi connectivity index (χ0n) is 22.6. The highest BCUT2D eigenvalue weighted by Gasteiger charge is 2.14. The van der Waals surface area contributed by atoms with Gasteiger partial charge in [-0.05, 0) is 85.7 Å². The molecule has 0 radical (unpaired) electrons. The van der Waals surface area contributed by atoms with Crippen molar-refractivity contribution in [1.82, 2.24) is 0 Å². The predicted molar refractivity (Wildman–Crippen MR) is 156 cm³/mol. The predicted octanol–water partition coefficient (Wildman–Crippen LogP) is 10.5. The molecular formula is C32H32N4O2. The van der Waals surface area contributed by atoms with Crippen molar-refractivity contribution in [3.05, 3.63) is 95.1 Å². The van der Waals surface area contributed by atoms with Crippen LogP contribution in [0.5, 0.6) is 11.5 Å². The molecule has 0 aliphatic carbocycles. The van der Waals surface area contributed by atoms with E-state index in [9.17, 15) is 10.2 Å². The van der Waals surface area contributed by atoms with Gasteiger partial charge in [-0.15, -0.1) is 15.3 Å². The fourth-order valence-electron chi connectivity index (χ4n) is 4.51. The molecule has 0 saturated carbocycles. The lowest BCUT2D eigenvalue weighted by Crippen LogP contribution is -1.88. The van der Waals surface area contributed by atoms with Crippen LogP contribution in [0.15, 0.2) is 93.3 Å². The molecule has 0 spiro atoms. The monoisotopic (exact) mass is 504 g/mol. The number of benzene rings is 5. The summed E-state index contributed by atoms with van der Waals surface area (Å²) < 4.78 is 0. The van der Waals surface area contributed by atoms with Crippen LogP contribution in [0.25, 0.3) is 21.5 Å². The Kier molecular flexibility index (Phi) is 7.82. The van der Waals surface area contributed by atoms with E-state index in [1.165, 1.54) is 0 Å². The van der Waals surface area contributed by atoms with E-state index in [4.69, 9.17) is 0 Å². The summed E-state index contributed by atoms with van der Waals surface area (Å²) in [5.74, 6) is 0.153. The lowest BCUT2D eigenvalue weighted by atomic mass is 9.95. The minimum Gasteiger partial charge on any atom is -0.505 e. The summed E-state index contributed by atoms with van der Waals surface area (Å²) in [5, 5.41) is 42.5. The van der Waals surface area contributed by atoms with Crippen molar-refractivity contribution < 1.29 is 10.2 Å². The molecule has 5 rings (SSSR count). The van der Waals surface area contributed by atoms with E-state index in [0.717, 1.165) is 38.4 Å². The molecule has 0 bridgehead atoms. The smallest absolute Gasteiger partial charge is 0.151 e. The van der Waals surface area contributed by atoms with Crippen LogP contribution >= 0.6 is 0 Å². The van der Waals surface area contributed by atoms with Crippen molar-refractivity contribution >= 4 is 44.3 Å². The Hall–Kier alpha value is -4.58. The quantitative estimate of drug-likeness (QED) is 0.238. The first-order chi connectivity index (χ1) is 18.3. The SMILES string of the molecule is CC.Cc1cc2c(N=Nc3ccc4c(C)cc(C)c(C)c4c3O)cccc2c(O)c1N=Nc1ccccc1. The molecule has 0 amide bonds. The van der Waals surface area contributed by atoms with Crippen LogP contribution in [0.2, 0.25) is 0 Å². The van der Waals surface area contributed by atoms with Gasteiger partial charge in [0.25, 0.3) is 0 Å². The van der Waals surface area contributed by atoms with Crippen LogP contribution in [0, 0.1) is 27.7 Å². The van der Waals surface area contributed by atoms with Crippen LogP contribution in [-0.2, 0) is 0 Å². The van der Waals surface area contributed by atoms with Crippen LogP contribution in [-0.4, -0.2) is 10.2 Å². The first-order valence-corrected chi connectivity index (χ1v) is 12.7. The molecule has 6 nitrogen and oxygen atoms in total. The number of azo groups is 2. The van der Waals surface area contributed by atoms with Crippen LogP contribution < -0.4 is 0 Å². The van der Waals surface area contributed by atoms with Crippen molar-refractivity contribution in [2.45, 2.75) is 41.5 Å². The molecule has 2 N–H and O–H groups in total. The first-order valence-electron chi connectivity index (χ1n) is 12.7. The summed E-state index contributed by atoms with van der Waals surface area (Å²) in [6.45, 7) is 11.9. The number of phenolic OH excluding ortho intramolecular Hbond substituents is 2. The maximum Gasteiger partial charge on any atom is 0.151 e. The van der Waals surface area contributed by atoms with Gasteiger partial charge in [0.15, 0.2) is 11.5 Å². The lowest BCUT2D eigenvalue weighted by molar-refractivity contribution is 0.481. The third-order valence-corrected chi connectivity index (χ3v) is 6.57. The van der Waals surface area contributed by atoms with Crippen LogP contribution in [0.3, 0.4) is 0 Å². The number of nitrogens with zero attached hydrogens (tertiary/aromatic N) is 4. The van der Waals surface area contributed by atoms with E-state index < -0.39 is 0 Å². The summed E-state index contributed by atoms with van der Waals surface area (Å²) in [4.78, 5) is 0. The summed E-state index contributed by atoms with van der Waals surface area (Å²) in [5.41, 5.74) is 6.08. The van der Waals surface area contributed by atoms with E-state index >= 15 is 0 Å². The van der Waals surface area contributed by atoms with Gasteiger partial charge in [-0.2, -0.15) is 5.11 Å². The number of rotatable bonds is 4. The maximum absolute atomic E-state index is 11.0. The second kappa shape index (κ2) is 11.2. The molecule has 192 valence electrons. The molecule has 0 aliphatic heterocycles. The average molecular weight is 505 g/mol. The van der Waals surface area contributed by atoms with Crippen molar-refractivity contribution in [2.24, 2.45) is 20.5 Å². The molecule has 0 saturated heterocycles. The van der Waals surface area contributed by atoms with Crippen molar-refractivity contribution in [2.75, 3.05) is 0 Å². The Labute approximate surface area is 223 Å². The molecule has 0 aliphatic rings. The molecule has 0 unspecified atom stereocenters. The van der Waals surface area contributed by atoms with Gasteiger partial charge in [-0.1, -0.05) is 56.3 Å². The molecule has 0 atom stereocenters. The Bertz CT molecular complexity index is 1690. The highest BCUT2D eigenvalue weighted by molar-refractivity contribution is 6.00. The highest BCUT2D eigenvalue weighted by atomic mass is 16.3. The Morgan fingerprint density at radius 3 is 1.97 bits per heavy atom. The van der Waals surface area contributed by atoms with Crippen molar-refractivity contribution in [1.29, 1.82) is 0 Å². The Balaban J connectivity index is 0.00000164. The average Bonchev–Trinajstić information content (AvgIpc) is 2.93. The van der Waals surface area contributed by atoms with Gasteiger partial charge in [0.1, 0.15) is 11.4 Å². The van der Waals surface area contributed by atoms with E-state index in [1.807, 2.05) is 96.1 Å². The number of aryl methyl sites for hydroxylation is 4. The number of phenols is 2. The van der Waals surface area contributed by atoms with Gasteiger partial charge >= 0.3 is 0 Å². The van der Waals surface area contributed by atoms with Gasteiger partial charge in [0.05, 0.1) is 11.4 Å². The van der Waals surface area contributed by atoms with Crippen molar-refractivity contribution in [3.63, 3.8) is 0 Å². The van der Waals surface area contributed by atoms with E-state index in [2.05, 4.69) is 26.5 Å². The number of fused-ring (bicyclic) bond motifs is 2. The second-order valence-electron chi connectivity index (χ2n) is 8.99. The van der Waals surface area contributed by atoms with Gasteiger partial charge < -0.3 is 10.2 Å². The van der Waals surface area contributed by atoms with Gasteiger partial charge in [-0.3, -0.25) is 0 Å². The van der Waals surface area contributed by atoms with Gasteiger partial charge in [0, 0.05) is 16.2 Å². The first kappa shape index (κ1) is 26.5. The third kappa shape index (κ3) is 4.98. The summed E-state index contributed by atoms with van der Waals surface area (Å²) in [6.07, 6.45) is 0. The minimum absolute atomic E-state index is 0.0388. The minimum atomic E-state index is 0.0388. The van der Waals surface area contributed by atoms with E-state index in [-0.39, 0.29) is 11.5 Å². The highest BCUT2D eigenvalue weighted by Crippen LogP contribution is 2.43. The number of hydrogen-bond donors (Lipinski definition) is 2. The second-order valence-corrected chi connectivity index (χ2v) is 8.99. The molecule has 5 aromatic carbocycles. The third-order valence-electron chi connectivity index (χ3n) is 6.57. The summed E-state index contributed by atoms with van der Waals surface area (Å²) in [7, 11) is 0. The Morgan fingerprint density at radius 2 is 1.24 bits per heavy atom. The van der Waals surface area contributed by atoms with Gasteiger partial charge in [-0.25, -0.2) is 0 Å². The lowest BCUT2D eigenvalue weighted by Gasteiger charge is -2.12. The number of hydrogen-bond acceptors (Lipinski definition) is 6. The molecular weight excluding hydrogens is 472 g/mol. The largest absolute Gasteiger partial charge is 0.505 e. The zero-order valence-corrected chi connectivity index (χ0v) is 22.6. The molecule has 38 heavy (non-hydrogen) atoms. The normalized spacial score (nSPS) is 11.4. The zero-order chi connectivity index (χ0) is 27.4. The molecule has 5 aromatic rings. The fourth-order valence-corrected chi connectivity index (χ4v) is 4.51. The molecule has 0 heterocycles. The fraction of sp³-hybridized carbons (Fsp3) is 0.188. The summed E-state index contributed by atoms with van der Waals surface area (Å²) >= 11 is 0. The topological polar surface area (TPSA) is 89.9 Å².